The van der Waals surface area contributed by atoms with Crippen molar-refractivity contribution < 1.29 is 17.6 Å². The van der Waals surface area contributed by atoms with Crippen molar-refractivity contribution in [2.45, 2.75) is 51.4 Å². The standard InChI is InChI=1S/C22H33F4N5/c1-3-30-9-11-31(12-10-30)20-8-7-16(13-19(20)23)15-28-21(27-2)29-18-6-4-5-17(14-18)22(24,25)26/h7-8,13,17-18H,3-6,9-12,14-15H2,1-2H3,(H2,27,28,29). The van der Waals surface area contributed by atoms with Crippen molar-refractivity contribution in [1.29, 1.82) is 0 Å². The van der Waals surface area contributed by atoms with E-state index >= 15 is 0 Å². The molecule has 174 valence electrons. The number of hydrogen-bond donors (Lipinski definition) is 2. The molecule has 0 aromatic heterocycles. The molecule has 1 aliphatic carbocycles. The summed E-state index contributed by atoms with van der Waals surface area (Å²) in [5, 5.41) is 6.19. The molecule has 2 N–H and O–H groups in total. The third kappa shape index (κ3) is 6.48. The van der Waals surface area contributed by atoms with Crippen LogP contribution < -0.4 is 15.5 Å². The Morgan fingerprint density at radius 3 is 2.52 bits per heavy atom. The molecular formula is C22H33F4N5. The molecule has 2 unspecified atom stereocenters. The zero-order valence-electron chi connectivity index (χ0n) is 18.3. The summed E-state index contributed by atoms with van der Waals surface area (Å²) in [6.45, 7) is 6.95. The van der Waals surface area contributed by atoms with Crippen molar-refractivity contribution in [2.24, 2.45) is 10.9 Å². The second-order valence-electron chi connectivity index (χ2n) is 8.38. The molecule has 2 aliphatic rings. The van der Waals surface area contributed by atoms with Gasteiger partial charge in [0.05, 0.1) is 11.6 Å². The van der Waals surface area contributed by atoms with E-state index in [-0.39, 0.29) is 24.7 Å². The van der Waals surface area contributed by atoms with Crippen LogP contribution in [0.2, 0.25) is 0 Å². The van der Waals surface area contributed by atoms with Crippen LogP contribution in [0.5, 0.6) is 0 Å². The lowest BCUT2D eigenvalue weighted by molar-refractivity contribution is -0.183. The predicted octanol–water partition coefficient (Wildman–Crippen LogP) is 3.75. The number of rotatable bonds is 5. The highest BCUT2D eigenvalue weighted by molar-refractivity contribution is 5.80. The largest absolute Gasteiger partial charge is 0.391 e. The molecule has 2 atom stereocenters. The number of piperazine rings is 1. The highest BCUT2D eigenvalue weighted by Gasteiger charge is 2.42. The van der Waals surface area contributed by atoms with Gasteiger partial charge in [0.2, 0.25) is 0 Å². The van der Waals surface area contributed by atoms with Crippen LogP contribution in [0.25, 0.3) is 0 Å². The fourth-order valence-corrected chi connectivity index (χ4v) is 4.41. The Balaban J connectivity index is 1.52. The van der Waals surface area contributed by atoms with Gasteiger partial charge in [-0.15, -0.1) is 0 Å². The van der Waals surface area contributed by atoms with Crippen LogP contribution in [0.1, 0.15) is 38.2 Å². The van der Waals surface area contributed by atoms with E-state index in [9.17, 15) is 17.6 Å². The number of nitrogens with zero attached hydrogens (tertiary/aromatic N) is 3. The minimum atomic E-state index is -4.15. The molecule has 0 spiro atoms. The van der Waals surface area contributed by atoms with Crippen molar-refractivity contribution in [2.75, 3.05) is 44.7 Å². The molecule has 0 radical (unpaired) electrons. The Labute approximate surface area is 181 Å². The molecular weight excluding hydrogens is 410 g/mol. The number of hydrogen-bond acceptors (Lipinski definition) is 3. The van der Waals surface area contributed by atoms with Crippen molar-refractivity contribution in [3.05, 3.63) is 29.6 Å². The van der Waals surface area contributed by atoms with Crippen LogP contribution in [-0.4, -0.2) is 62.8 Å². The summed E-state index contributed by atoms with van der Waals surface area (Å²) in [5.74, 6) is -1.09. The molecule has 2 fully saturated rings. The molecule has 0 bridgehead atoms. The highest BCUT2D eigenvalue weighted by atomic mass is 19.4. The minimum Gasteiger partial charge on any atom is -0.367 e. The van der Waals surface area contributed by atoms with Gasteiger partial charge in [0.15, 0.2) is 5.96 Å². The fourth-order valence-electron chi connectivity index (χ4n) is 4.41. The molecule has 1 saturated carbocycles. The average molecular weight is 444 g/mol. The van der Waals surface area contributed by atoms with Gasteiger partial charge in [-0.25, -0.2) is 4.39 Å². The first-order valence-electron chi connectivity index (χ1n) is 11.1. The molecule has 1 heterocycles. The Morgan fingerprint density at radius 2 is 1.90 bits per heavy atom. The molecule has 31 heavy (non-hydrogen) atoms. The lowest BCUT2D eigenvalue weighted by atomic mass is 9.85. The Morgan fingerprint density at radius 1 is 1.16 bits per heavy atom. The summed E-state index contributed by atoms with van der Waals surface area (Å²) in [6.07, 6.45) is -2.69. The topological polar surface area (TPSA) is 42.9 Å². The molecule has 1 aromatic carbocycles. The van der Waals surface area contributed by atoms with Gasteiger partial charge in [-0.05, 0) is 43.5 Å². The monoisotopic (exact) mass is 443 g/mol. The third-order valence-corrected chi connectivity index (χ3v) is 6.33. The van der Waals surface area contributed by atoms with Gasteiger partial charge in [0.1, 0.15) is 5.82 Å². The van der Waals surface area contributed by atoms with E-state index in [1.54, 1.807) is 13.1 Å². The van der Waals surface area contributed by atoms with Crippen LogP contribution in [0.4, 0.5) is 23.2 Å². The van der Waals surface area contributed by atoms with E-state index in [4.69, 9.17) is 0 Å². The van der Waals surface area contributed by atoms with Crippen LogP contribution in [-0.2, 0) is 6.54 Å². The number of alkyl halides is 3. The first-order valence-corrected chi connectivity index (χ1v) is 11.1. The van der Waals surface area contributed by atoms with E-state index in [1.165, 1.54) is 6.07 Å². The van der Waals surface area contributed by atoms with Gasteiger partial charge >= 0.3 is 6.18 Å². The summed E-state index contributed by atoms with van der Waals surface area (Å²) < 4.78 is 53.8. The average Bonchev–Trinajstić information content (AvgIpc) is 2.76. The first-order chi connectivity index (χ1) is 14.8. The second kappa shape index (κ2) is 10.5. The maximum Gasteiger partial charge on any atom is 0.391 e. The smallest absolute Gasteiger partial charge is 0.367 e. The van der Waals surface area contributed by atoms with E-state index in [0.717, 1.165) is 38.3 Å². The van der Waals surface area contributed by atoms with Crippen LogP contribution in [0, 0.1) is 11.7 Å². The van der Waals surface area contributed by atoms with Gasteiger partial charge in [-0.3, -0.25) is 4.99 Å². The molecule has 9 heteroatoms. The summed E-state index contributed by atoms with van der Waals surface area (Å²) in [7, 11) is 1.58. The molecule has 1 aromatic rings. The summed E-state index contributed by atoms with van der Waals surface area (Å²) >= 11 is 0. The van der Waals surface area contributed by atoms with Crippen LogP contribution in [0.15, 0.2) is 23.2 Å². The zero-order valence-corrected chi connectivity index (χ0v) is 18.3. The first kappa shape index (κ1) is 23.6. The number of halogens is 4. The van der Waals surface area contributed by atoms with Crippen molar-refractivity contribution in [1.82, 2.24) is 15.5 Å². The Bertz CT molecular complexity index is 744. The summed E-state index contributed by atoms with van der Waals surface area (Å²) in [6, 6.07) is 4.93. The van der Waals surface area contributed by atoms with Crippen molar-refractivity contribution >= 4 is 11.6 Å². The van der Waals surface area contributed by atoms with Gasteiger partial charge in [0, 0.05) is 45.8 Å². The van der Waals surface area contributed by atoms with Crippen molar-refractivity contribution in [3.8, 4) is 0 Å². The predicted molar refractivity (Wildman–Crippen MR) is 116 cm³/mol. The normalized spacial score (nSPS) is 23.7. The van der Waals surface area contributed by atoms with E-state index in [2.05, 4.69) is 32.3 Å². The number of nitrogens with one attached hydrogen (secondary N) is 2. The lowest BCUT2D eigenvalue weighted by Crippen LogP contribution is -2.46. The van der Waals surface area contributed by atoms with Crippen LogP contribution >= 0.6 is 0 Å². The second-order valence-corrected chi connectivity index (χ2v) is 8.38. The lowest BCUT2D eigenvalue weighted by Gasteiger charge is -2.35. The summed E-state index contributed by atoms with van der Waals surface area (Å²) in [5.41, 5.74) is 1.37. The van der Waals surface area contributed by atoms with Gasteiger partial charge < -0.3 is 20.4 Å². The SMILES string of the molecule is CCN1CCN(c2ccc(CNC(=NC)NC3CCCC(C(F)(F)F)C3)cc2F)CC1. The number of anilines is 1. The van der Waals surface area contributed by atoms with Crippen molar-refractivity contribution in [3.63, 3.8) is 0 Å². The fraction of sp³-hybridized carbons (Fsp3) is 0.682. The maximum absolute atomic E-state index is 14.7. The Hall–Kier alpha value is -2.03. The highest BCUT2D eigenvalue weighted by Crippen LogP contribution is 2.37. The number of guanidine groups is 1. The number of benzene rings is 1. The minimum absolute atomic E-state index is 0.0544. The number of likely N-dealkylation sites (N-methyl/N-ethyl adjacent to an activating group) is 1. The van der Waals surface area contributed by atoms with Gasteiger partial charge in [0.25, 0.3) is 0 Å². The molecule has 1 saturated heterocycles. The molecule has 1 aliphatic heterocycles. The van der Waals surface area contributed by atoms with Gasteiger partial charge in [-0.2, -0.15) is 13.2 Å². The summed E-state index contributed by atoms with van der Waals surface area (Å²) in [4.78, 5) is 8.53. The molecule has 0 amide bonds. The van der Waals surface area contributed by atoms with E-state index < -0.39 is 12.1 Å². The maximum atomic E-state index is 14.7. The quantitative estimate of drug-likeness (QED) is 0.413. The molecule has 3 rings (SSSR count). The molecule has 5 nitrogen and oxygen atoms in total. The zero-order chi connectivity index (χ0) is 22.4. The van der Waals surface area contributed by atoms with E-state index in [0.29, 0.717) is 31.0 Å². The number of aliphatic imine (C=N–C) groups is 1. The van der Waals surface area contributed by atoms with Gasteiger partial charge in [-0.1, -0.05) is 19.4 Å². The third-order valence-electron chi connectivity index (χ3n) is 6.33. The van der Waals surface area contributed by atoms with Crippen LogP contribution in [0.3, 0.4) is 0 Å². The van der Waals surface area contributed by atoms with E-state index in [1.807, 2.05) is 6.07 Å². The Kier molecular flexibility index (Phi) is 8.02.